The number of nitrogens with one attached hydrogen (secondary N) is 1. The van der Waals surface area contributed by atoms with Crippen molar-refractivity contribution in [3.63, 3.8) is 0 Å². The molecular weight excluding hydrogens is 364 g/mol. The molecule has 1 aliphatic rings. The molecule has 0 fully saturated rings. The van der Waals surface area contributed by atoms with E-state index in [2.05, 4.69) is 15.3 Å². The van der Waals surface area contributed by atoms with E-state index in [0.717, 1.165) is 5.69 Å². The number of hydrogen-bond acceptors (Lipinski definition) is 8. The molecule has 1 aliphatic heterocycles. The van der Waals surface area contributed by atoms with Crippen LogP contribution in [0.5, 0.6) is 11.6 Å². The molecule has 3 rings (SSSR count). The Kier molecular flexibility index (Phi) is 5.85. The molecule has 0 bridgehead atoms. The Bertz CT molecular complexity index is 928. The Hall–Kier alpha value is -3.46. The van der Waals surface area contributed by atoms with Gasteiger partial charge in [0.15, 0.2) is 0 Å². The molecule has 9 heteroatoms. The van der Waals surface area contributed by atoms with Gasteiger partial charge in [-0.2, -0.15) is 0 Å². The van der Waals surface area contributed by atoms with Crippen LogP contribution in [0.1, 0.15) is 5.69 Å². The SMILES string of the molecule is COC(=O)C1=C(Nc2cccc(Oc3cncc(C)n3)c2)C(=O)N(CCO)C1. The minimum atomic E-state index is -0.598. The highest BCUT2D eigenvalue weighted by molar-refractivity contribution is 6.08. The van der Waals surface area contributed by atoms with Gasteiger partial charge in [0.05, 0.1) is 37.7 Å². The van der Waals surface area contributed by atoms with Crippen LogP contribution in [0.2, 0.25) is 0 Å². The van der Waals surface area contributed by atoms with E-state index in [1.165, 1.54) is 18.2 Å². The summed E-state index contributed by atoms with van der Waals surface area (Å²) in [6.45, 7) is 1.81. The number of aromatic nitrogens is 2. The van der Waals surface area contributed by atoms with Crippen LogP contribution in [0, 0.1) is 6.92 Å². The number of esters is 1. The van der Waals surface area contributed by atoms with Gasteiger partial charge in [-0.3, -0.25) is 9.78 Å². The number of hydrogen-bond donors (Lipinski definition) is 2. The number of carbonyl (C=O) groups excluding carboxylic acids is 2. The summed E-state index contributed by atoms with van der Waals surface area (Å²) in [4.78, 5) is 34.3. The van der Waals surface area contributed by atoms with Gasteiger partial charge in [-0.15, -0.1) is 0 Å². The Morgan fingerprint density at radius 2 is 2.18 bits per heavy atom. The van der Waals surface area contributed by atoms with Crippen LogP contribution >= 0.6 is 0 Å². The average Bonchev–Trinajstić information content (AvgIpc) is 2.98. The third kappa shape index (κ3) is 4.26. The first kappa shape index (κ1) is 19.3. The Balaban J connectivity index is 1.83. The van der Waals surface area contributed by atoms with Crippen molar-refractivity contribution in [2.45, 2.75) is 6.92 Å². The summed E-state index contributed by atoms with van der Waals surface area (Å²) in [5, 5.41) is 12.1. The van der Waals surface area contributed by atoms with Gasteiger partial charge in [0.1, 0.15) is 11.4 Å². The molecule has 0 unspecified atom stereocenters. The van der Waals surface area contributed by atoms with Crippen molar-refractivity contribution in [3.05, 3.63) is 53.6 Å². The maximum absolute atomic E-state index is 12.6. The van der Waals surface area contributed by atoms with Crippen molar-refractivity contribution >= 4 is 17.6 Å². The Labute approximate surface area is 161 Å². The Morgan fingerprint density at radius 1 is 1.36 bits per heavy atom. The van der Waals surface area contributed by atoms with E-state index in [0.29, 0.717) is 17.3 Å². The van der Waals surface area contributed by atoms with Crippen LogP contribution < -0.4 is 10.1 Å². The maximum atomic E-state index is 12.6. The molecule has 28 heavy (non-hydrogen) atoms. The molecule has 1 aromatic carbocycles. The van der Waals surface area contributed by atoms with Crippen LogP contribution in [-0.2, 0) is 14.3 Å². The first-order valence-electron chi connectivity index (χ1n) is 8.57. The van der Waals surface area contributed by atoms with Crippen molar-refractivity contribution < 1.29 is 24.2 Å². The molecule has 146 valence electrons. The number of aliphatic hydroxyl groups excluding tert-OH is 1. The zero-order valence-corrected chi connectivity index (χ0v) is 15.5. The normalized spacial score (nSPS) is 13.7. The van der Waals surface area contributed by atoms with Gasteiger partial charge in [-0.05, 0) is 19.1 Å². The summed E-state index contributed by atoms with van der Waals surface area (Å²) in [5.74, 6) is -0.149. The maximum Gasteiger partial charge on any atom is 0.337 e. The van der Waals surface area contributed by atoms with Gasteiger partial charge in [-0.1, -0.05) is 6.07 Å². The van der Waals surface area contributed by atoms with Crippen molar-refractivity contribution in [2.24, 2.45) is 0 Å². The first-order valence-corrected chi connectivity index (χ1v) is 8.57. The van der Waals surface area contributed by atoms with Gasteiger partial charge < -0.3 is 24.8 Å². The smallest absolute Gasteiger partial charge is 0.337 e. The average molecular weight is 384 g/mol. The molecule has 2 N–H and O–H groups in total. The summed E-state index contributed by atoms with van der Waals surface area (Å²) in [7, 11) is 1.25. The van der Waals surface area contributed by atoms with E-state index in [1.54, 1.807) is 30.5 Å². The zero-order valence-electron chi connectivity index (χ0n) is 15.5. The largest absolute Gasteiger partial charge is 0.466 e. The molecule has 0 spiro atoms. The molecule has 2 aromatic rings. The van der Waals surface area contributed by atoms with Gasteiger partial charge in [0, 0.05) is 24.5 Å². The fourth-order valence-corrected chi connectivity index (χ4v) is 2.74. The number of amides is 1. The van der Waals surface area contributed by atoms with E-state index in [-0.39, 0.29) is 36.9 Å². The van der Waals surface area contributed by atoms with Crippen molar-refractivity contribution in [1.82, 2.24) is 14.9 Å². The van der Waals surface area contributed by atoms with Gasteiger partial charge in [-0.25, -0.2) is 9.78 Å². The van der Waals surface area contributed by atoms with E-state index >= 15 is 0 Å². The second-order valence-electron chi connectivity index (χ2n) is 6.05. The number of ether oxygens (including phenoxy) is 2. The number of β-amino-alcohol motifs (C(OH)–C–C–N with tert-alkyl or cyclic N) is 1. The molecule has 0 atom stereocenters. The molecule has 1 aromatic heterocycles. The standard InChI is InChI=1S/C19H20N4O5/c1-12-9-20-10-16(21-12)28-14-5-3-4-13(8-14)22-17-15(19(26)27-2)11-23(6-7-24)18(17)25/h3-5,8-10,22,24H,6-7,11H2,1-2H3. The number of aliphatic hydroxyl groups is 1. The van der Waals surface area contributed by atoms with Crippen molar-refractivity contribution in [2.75, 3.05) is 32.1 Å². The second-order valence-corrected chi connectivity index (χ2v) is 6.05. The minimum absolute atomic E-state index is 0.0729. The van der Waals surface area contributed by atoms with Gasteiger partial charge >= 0.3 is 5.97 Å². The lowest BCUT2D eigenvalue weighted by molar-refractivity contribution is -0.136. The van der Waals surface area contributed by atoms with Gasteiger partial charge in [0.2, 0.25) is 5.88 Å². The third-order valence-corrected chi connectivity index (χ3v) is 4.01. The lowest BCUT2D eigenvalue weighted by Crippen LogP contribution is -2.31. The molecule has 0 saturated carbocycles. The van der Waals surface area contributed by atoms with Crippen LogP contribution in [0.15, 0.2) is 47.9 Å². The predicted octanol–water partition coefficient (Wildman–Crippen LogP) is 1.25. The number of methoxy groups -OCH3 is 1. The van der Waals surface area contributed by atoms with Gasteiger partial charge in [0.25, 0.3) is 5.91 Å². The first-order chi connectivity index (χ1) is 13.5. The lowest BCUT2D eigenvalue weighted by atomic mass is 10.2. The summed E-state index contributed by atoms with van der Waals surface area (Å²) < 4.78 is 10.5. The summed E-state index contributed by atoms with van der Waals surface area (Å²) >= 11 is 0. The van der Waals surface area contributed by atoms with Crippen molar-refractivity contribution in [3.8, 4) is 11.6 Å². The van der Waals surface area contributed by atoms with E-state index in [1.807, 2.05) is 6.92 Å². The monoisotopic (exact) mass is 384 g/mol. The number of aryl methyl sites for hydroxylation is 1. The number of benzene rings is 1. The lowest BCUT2D eigenvalue weighted by Gasteiger charge is -2.15. The van der Waals surface area contributed by atoms with Crippen molar-refractivity contribution in [1.29, 1.82) is 0 Å². The van der Waals surface area contributed by atoms with E-state index in [9.17, 15) is 9.59 Å². The second kappa shape index (κ2) is 8.49. The summed E-state index contributed by atoms with van der Waals surface area (Å²) in [5.41, 5.74) is 1.60. The van der Waals surface area contributed by atoms with E-state index < -0.39 is 5.97 Å². The number of rotatable bonds is 7. The highest BCUT2D eigenvalue weighted by Gasteiger charge is 2.34. The van der Waals surface area contributed by atoms with Crippen LogP contribution in [0.4, 0.5) is 5.69 Å². The molecule has 0 radical (unpaired) electrons. The highest BCUT2D eigenvalue weighted by Crippen LogP contribution is 2.26. The highest BCUT2D eigenvalue weighted by atomic mass is 16.5. The molecule has 0 aliphatic carbocycles. The quantitative estimate of drug-likeness (QED) is 0.686. The fraction of sp³-hybridized carbons (Fsp3) is 0.263. The minimum Gasteiger partial charge on any atom is -0.466 e. The third-order valence-electron chi connectivity index (χ3n) is 4.01. The van der Waals surface area contributed by atoms with Crippen LogP contribution in [0.25, 0.3) is 0 Å². The molecule has 2 heterocycles. The number of nitrogens with zero attached hydrogens (tertiary/aromatic N) is 3. The molecule has 0 saturated heterocycles. The fourth-order valence-electron chi connectivity index (χ4n) is 2.74. The summed E-state index contributed by atoms with van der Waals surface area (Å²) in [6, 6.07) is 6.88. The molecular formula is C19H20N4O5. The topological polar surface area (TPSA) is 114 Å². The van der Waals surface area contributed by atoms with E-state index in [4.69, 9.17) is 14.6 Å². The van der Waals surface area contributed by atoms with Crippen LogP contribution in [0.3, 0.4) is 0 Å². The Morgan fingerprint density at radius 3 is 2.89 bits per heavy atom. The zero-order chi connectivity index (χ0) is 20.1. The number of carbonyl (C=O) groups is 2. The summed E-state index contributed by atoms with van der Waals surface area (Å²) in [6.07, 6.45) is 3.12. The molecule has 1 amide bonds. The molecule has 9 nitrogen and oxygen atoms in total. The van der Waals surface area contributed by atoms with Crippen LogP contribution in [-0.4, -0.2) is 58.7 Å². The number of anilines is 1. The predicted molar refractivity (Wildman–Crippen MR) is 99.6 cm³/mol.